The number of nitrogens with zero attached hydrogens (tertiary/aromatic N) is 1. The third kappa shape index (κ3) is 2.33. The summed E-state index contributed by atoms with van der Waals surface area (Å²) in [6.45, 7) is 6.70. The fraction of sp³-hybridized carbons (Fsp3) is 0.250. The molecule has 0 aliphatic rings. The third-order valence-electron chi connectivity index (χ3n) is 4.20. The van der Waals surface area contributed by atoms with Gasteiger partial charge in [-0.05, 0) is 35.9 Å². The van der Waals surface area contributed by atoms with Crippen molar-refractivity contribution in [2.24, 2.45) is 7.05 Å². The van der Waals surface area contributed by atoms with Crippen LogP contribution in [0.15, 0.2) is 54.7 Å². The van der Waals surface area contributed by atoms with Crippen LogP contribution in [0.5, 0.6) is 0 Å². The zero-order chi connectivity index (χ0) is 15.0. The van der Waals surface area contributed by atoms with Crippen LogP contribution in [0.1, 0.15) is 30.9 Å². The number of benzene rings is 2. The van der Waals surface area contributed by atoms with E-state index in [0.29, 0.717) is 5.92 Å². The van der Waals surface area contributed by atoms with Crippen molar-refractivity contribution in [3.05, 3.63) is 65.9 Å². The van der Waals surface area contributed by atoms with Gasteiger partial charge in [0.05, 0.1) is 5.39 Å². The maximum Gasteiger partial charge on any atom is 0.220 e. The second-order valence-corrected chi connectivity index (χ2v) is 6.06. The summed E-state index contributed by atoms with van der Waals surface area (Å²) < 4.78 is 2.28. The van der Waals surface area contributed by atoms with Crippen molar-refractivity contribution in [1.82, 2.24) is 0 Å². The summed E-state index contributed by atoms with van der Waals surface area (Å²) in [5.41, 5.74) is 5.33. The first-order valence-electron chi connectivity index (χ1n) is 7.57. The van der Waals surface area contributed by atoms with Gasteiger partial charge in [0.1, 0.15) is 7.05 Å². The molecule has 21 heavy (non-hydrogen) atoms. The summed E-state index contributed by atoms with van der Waals surface area (Å²) in [6, 6.07) is 17.4. The second-order valence-electron chi connectivity index (χ2n) is 6.06. The van der Waals surface area contributed by atoms with Crippen molar-refractivity contribution in [2.45, 2.75) is 26.7 Å². The van der Waals surface area contributed by atoms with Crippen molar-refractivity contribution in [3.8, 4) is 11.3 Å². The van der Waals surface area contributed by atoms with Gasteiger partial charge >= 0.3 is 0 Å². The van der Waals surface area contributed by atoms with Crippen LogP contribution in [0, 0.1) is 6.92 Å². The Bertz CT molecular complexity index is 800. The van der Waals surface area contributed by atoms with Gasteiger partial charge in [-0.15, -0.1) is 0 Å². The molecule has 0 saturated carbocycles. The van der Waals surface area contributed by atoms with Crippen molar-refractivity contribution >= 4 is 10.8 Å². The Balaban J connectivity index is 2.42. The Morgan fingerprint density at radius 3 is 2.14 bits per heavy atom. The molecule has 0 radical (unpaired) electrons. The molecule has 1 heterocycles. The number of fused-ring (bicyclic) bond motifs is 1. The molecular formula is C20H22N+. The van der Waals surface area contributed by atoms with E-state index in [1.54, 1.807) is 0 Å². The number of aryl methyl sites for hydroxylation is 2. The number of rotatable bonds is 2. The summed E-state index contributed by atoms with van der Waals surface area (Å²) in [5, 5.41) is 2.70. The monoisotopic (exact) mass is 276 g/mol. The number of hydrogen-bond acceptors (Lipinski definition) is 0. The van der Waals surface area contributed by atoms with Gasteiger partial charge in [-0.25, -0.2) is 4.57 Å². The fourth-order valence-electron chi connectivity index (χ4n) is 3.11. The Hall–Kier alpha value is -2.15. The molecule has 0 aliphatic carbocycles. The van der Waals surface area contributed by atoms with Gasteiger partial charge in [0, 0.05) is 11.1 Å². The number of aromatic nitrogens is 1. The minimum atomic E-state index is 0.520. The first-order valence-corrected chi connectivity index (χ1v) is 7.57. The van der Waals surface area contributed by atoms with Crippen LogP contribution in [-0.4, -0.2) is 0 Å². The van der Waals surface area contributed by atoms with E-state index in [0.717, 1.165) is 0 Å². The molecule has 0 amide bonds. The van der Waals surface area contributed by atoms with E-state index in [2.05, 4.69) is 87.1 Å². The summed E-state index contributed by atoms with van der Waals surface area (Å²) in [7, 11) is 2.15. The lowest BCUT2D eigenvalue weighted by Crippen LogP contribution is -2.32. The lowest BCUT2D eigenvalue weighted by molar-refractivity contribution is -0.659. The first-order chi connectivity index (χ1) is 10.1. The van der Waals surface area contributed by atoms with Crippen LogP contribution in [0.2, 0.25) is 0 Å². The van der Waals surface area contributed by atoms with E-state index in [1.807, 2.05) is 0 Å². The smallest absolute Gasteiger partial charge is 0.200 e. The largest absolute Gasteiger partial charge is 0.220 e. The van der Waals surface area contributed by atoms with E-state index in [4.69, 9.17) is 0 Å². The lowest BCUT2D eigenvalue weighted by atomic mass is 9.93. The zero-order valence-corrected chi connectivity index (χ0v) is 13.2. The molecule has 1 aromatic heterocycles. The molecule has 3 rings (SSSR count). The van der Waals surface area contributed by atoms with E-state index in [9.17, 15) is 0 Å². The highest BCUT2D eigenvalue weighted by atomic mass is 14.9. The van der Waals surface area contributed by atoms with Crippen molar-refractivity contribution < 1.29 is 4.57 Å². The third-order valence-corrected chi connectivity index (χ3v) is 4.20. The molecule has 3 aromatic rings. The van der Waals surface area contributed by atoms with Gasteiger partial charge < -0.3 is 0 Å². The molecule has 0 fully saturated rings. The minimum absolute atomic E-state index is 0.520. The molecule has 0 atom stereocenters. The minimum Gasteiger partial charge on any atom is -0.200 e. The average Bonchev–Trinajstić information content (AvgIpc) is 2.47. The van der Waals surface area contributed by atoms with Gasteiger partial charge in [-0.3, -0.25) is 0 Å². The van der Waals surface area contributed by atoms with Crippen molar-refractivity contribution in [3.63, 3.8) is 0 Å². The highest BCUT2D eigenvalue weighted by Gasteiger charge is 2.20. The van der Waals surface area contributed by atoms with Gasteiger partial charge in [-0.1, -0.05) is 50.2 Å². The molecule has 0 spiro atoms. The molecule has 1 nitrogen and oxygen atoms in total. The van der Waals surface area contributed by atoms with Gasteiger partial charge in [0.25, 0.3) is 0 Å². The van der Waals surface area contributed by atoms with E-state index >= 15 is 0 Å². The number of hydrogen-bond donors (Lipinski definition) is 0. The topological polar surface area (TPSA) is 3.88 Å². The van der Waals surface area contributed by atoms with Crippen LogP contribution in [0.25, 0.3) is 22.0 Å². The van der Waals surface area contributed by atoms with Crippen LogP contribution in [0.4, 0.5) is 0 Å². The van der Waals surface area contributed by atoms with Crippen LogP contribution < -0.4 is 4.57 Å². The van der Waals surface area contributed by atoms with Crippen LogP contribution in [-0.2, 0) is 7.05 Å². The maximum absolute atomic E-state index is 2.29. The van der Waals surface area contributed by atoms with Crippen LogP contribution in [0.3, 0.4) is 0 Å². The van der Waals surface area contributed by atoms with Crippen LogP contribution >= 0.6 is 0 Å². The predicted molar refractivity (Wildman–Crippen MR) is 89.4 cm³/mol. The van der Waals surface area contributed by atoms with E-state index < -0.39 is 0 Å². The quantitative estimate of drug-likeness (QED) is 0.594. The molecule has 106 valence electrons. The van der Waals surface area contributed by atoms with E-state index in [-0.39, 0.29) is 0 Å². The molecule has 0 N–H and O–H groups in total. The Kier molecular flexibility index (Phi) is 3.50. The predicted octanol–water partition coefficient (Wildman–Crippen LogP) is 4.76. The van der Waals surface area contributed by atoms with Crippen molar-refractivity contribution in [1.29, 1.82) is 0 Å². The standard InChI is InChI=1S/C20H22N/c1-14(2)19-13-21(4)20(16-10-6-5-9-15(16)3)18-12-8-7-11-17(18)19/h5-14H,1-4H3/q+1. The summed E-state index contributed by atoms with van der Waals surface area (Å²) in [6.07, 6.45) is 2.29. The lowest BCUT2D eigenvalue weighted by Gasteiger charge is -2.13. The Morgan fingerprint density at radius 2 is 1.48 bits per heavy atom. The van der Waals surface area contributed by atoms with Gasteiger partial charge in [0.2, 0.25) is 5.69 Å². The van der Waals surface area contributed by atoms with Gasteiger partial charge in [-0.2, -0.15) is 0 Å². The fourth-order valence-corrected chi connectivity index (χ4v) is 3.11. The molecular weight excluding hydrogens is 254 g/mol. The molecule has 0 bridgehead atoms. The summed E-state index contributed by atoms with van der Waals surface area (Å²) >= 11 is 0. The zero-order valence-electron chi connectivity index (χ0n) is 13.2. The average molecular weight is 276 g/mol. The van der Waals surface area contributed by atoms with Gasteiger partial charge in [0.15, 0.2) is 6.20 Å². The molecule has 2 aromatic carbocycles. The van der Waals surface area contributed by atoms with Crippen molar-refractivity contribution in [2.75, 3.05) is 0 Å². The highest BCUT2D eigenvalue weighted by Crippen LogP contribution is 2.31. The normalized spacial score (nSPS) is 11.3. The Labute approximate surface area is 126 Å². The SMILES string of the molecule is Cc1ccccc1-c1c2ccccc2c(C(C)C)c[n+]1C. The molecule has 0 saturated heterocycles. The molecule has 0 unspecified atom stereocenters. The first kappa shape index (κ1) is 13.8. The number of pyridine rings is 1. The summed E-state index contributed by atoms with van der Waals surface area (Å²) in [4.78, 5) is 0. The summed E-state index contributed by atoms with van der Waals surface area (Å²) in [5.74, 6) is 0.520. The Morgan fingerprint density at radius 1 is 0.857 bits per heavy atom. The highest BCUT2D eigenvalue weighted by molar-refractivity contribution is 5.95. The maximum atomic E-state index is 2.29. The molecule has 1 heteroatoms. The van der Waals surface area contributed by atoms with E-state index in [1.165, 1.54) is 33.2 Å². The second kappa shape index (κ2) is 5.33. The molecule has 0 aliphatic heterocycles.